The van der Waals surface area contributed by atoms with Crippen LogP contribution in [-0.2, 0) is 11.2 Å². The number of benzene rings is 1. The van der Waals surface area contributed by atoms with Gasteiger partial charge in [0.15, 0.2) is 0 Å². The smallest absolute Gasteiger partial charge is 0.251 e. The van der Waals surface area contributed by atoms with Crippen LogP contribution in [0.2, 0.25) is 0 Å². The molecule has 1 aliphatic rings. The summed E-state index contributed by atoms with van der Waals surface area (Å²) in [5.74, 6) is -0.113. The molecule has 0 aliphatic carbocycles. The second-order valence-electron chi connectivity index (χ2n) is 5.23. The Hall–Kier alpha value is -1.92. The van der Waals surface area contributed by atoms with Crippen molar-refractivity contribution in [2.45, 2.75) is 25.9 Å². The van der Waals surface area contributed by atoms with Crippen LogP contribution in [-0.4, -0.2) is 42.7 Å². The van der Waals surface area contributed by atoms with Gasteiger partial charge in [-0.25, -0.2) is 0 Å². The van der Waals surface area contributed by atoms with Crippen LogP contribution in [0.15, 0.2) is 18.2 Å². The molecule has 0 saturated heterocycles. The molecule has 114 valence electrons. The van der Waals surface area contributed by atoms with Crippen molar-refractivity contribution in [3.8, 4) is 0 Å². The van der Waals surface area contributed by atoms with Gasteiger partial charge >= 0.3 is 0 Å². The highest BCUT2D eigenvalue weighted by Crippen LogP contribution is 2.23. The summed E-state index contributed by atoms with van der Waals surface area (Å²) in [5.41, 5.74) is 2.39. The lowest BCUT2D eigenvalue weighted by atomic mass is 10.00. The van der Waals surface area contributed by atoms with E-state index in [1.165, 1.54) is 0 Å². The summed E-state index contributed by atoms with van der Waals surface area (Å²) in [6.07, 6.45) is 0.732. The Balaban J connectivity index is 1.84. The first-order valence-corrected chi connectivity index (χ1v) is 7.16. The summed E-state index contributed by atoms with van der Waals surface area (Å²) in [4.78, 5) is 23.3. The number of carbonyl (C=O) groups is 2. The molecule has 1 heterocycles. The van der Waals surface area contributed by atoms with Crippen molar-refractivity contribution in [3.63, 3.8) is 0 Å². The number of amides is 2. The highest BCUT2D eigenvalue weighted by molar-refractivity contribution is 5.97. The van der Waals surface area contributed by atoms with Crippen molar-refractivity contribution in [2.75, 3.05) is 25.0 Å². The van der Waals surface area contributed by atoms with Gasteiger partial charge in [0, 0.05) is 37.3 Å². The molecule has 2 rings (SSSR count). The Morgan fingerprint density at radius 3 is 2.95 bits per heavy atom. The third-order valence-electron chi connectivity index (χ3n) is 3.29. The van der Waals surface area contributed by atoms with Crippen molar-refractivity contribution in [1.29, 1.82) is 0 Å². The molecule has 21 heavy (non-hydrogen) atoms. The fourth-order valence-corrected chi connectivity index (χ4v) is 2.20. The van der Waals surface area contributed by atoms with E-state index in [9.17, 15) is 9.59 Å². The number of aliphatic hydroxyl groups is 1. The molecule has 0 saturated carbocycles. The summed E-state index contributed by atoms with van der Waals surface area (Å²) < 4.78 is 0. The molecule has 0 radical (unpaired) electrons. The van der Waals surface area contributed by atoms with Crippen molar-refractivity contribution in [2.24, 2.45) is 0 Å². The number of aliphatic hydroxyl groups excluding tert-OH is 1. The Kier molecular flexibility index (Phi) is 5.30. The van der Waals surface area contributed by atoms with Crippen LogP contribution in [0.3, 0.4) is 0 Å². The maximum absolute atomic E-state index is 12.0. The summed E-state index contributed by atoms with van der Waals surface area (Å²) in [6.45, 7) is 3.32. The van der Waals surface area contributed by atoms with E-state index in [4.69, 9.17) is 5.11 Å². The van der Waals surface area contributed by atoms with Gasteiger partial charge in [-0.2, -0.15) is 0 Å². The van der Waals surface area contributed by atoms with Gasteiger partial charge in [0.25, 0.3) is 5.91 Å². The van der Waals surface area contributed by atoms with Crippen molar-refractivity contribution < 1.29 is 14.7 Å². The summed E-state index contributed by atoms with van der Waals surface area (Å²) in [5, 5.41) is 17.7. The van der Waals surface area contributed by atoms with Crippen LogP contribution in [0.4, 0.5) is 5.69 Å². The van der Waals surface area contributed by atoms with Crippen LogP contribution < -0.4 is 16.0 Å². The summed E-state index contributed by atoms with van der Waals surface area (Å²) in [6, 6.07) is 5.31. The van der Waals surface area contributed by atoms with E-state index in [1.807, 2.05) is 6.07 Å². The molecule has 0 spiro atoms. The number of carbonyl (C=O) groups excluding carboxylic acids is 2. The maximum atomic E-state index is 12.0. The van der Waals surface area contributed by atoms with Crippen molar-refractivity contribution in [3.05, 3.63) is 29.3 Å². The van der Waals surface area contributed by atoms with Gasteiger partial charge in [-0.3, -0.25) is 9.59 Å². The average Bonchev–Trinajstić information content (AvgIpc) is 2.45. The van der Waals surface area contributed by atoms with E-state index in [1.54, 1.807) is 19.1 Å². The molecule has 1 aliphatic heterocycles. The second-order valence-corrected chi connectivity index (χ2v) is 5.23. The number of anilines is 1. The lowest BCUT2D eigenvalue weighted by molar-refractivity contribution is -0.116. The number of rotatable bonds is 6. The van der Waals surface area contributed by atoms with Gasteiger partial charge in [0.2, 0.25) is 5.91 Å². The zero-order valence-corrected chi connectivity index (χ0v) is 12.1. The molecular weight excluding hydrogens is 270 g/mol. The van der Waals surface area contributed by atoms with E-state index in [2.05, 4.69) is 16.0 Å². The van der Waals surface area contributed by atoms with E-state index >= 15 is 0 Å². The Bertz CT molecular complexity index is 529. The molecular formula is C15H21N3O3. The van der Waals surface area contributed by atoms with E-state index in [0.29, 0.717) is 38.0 Å². The monoisotopic (exact) mass is 291 g/mol. The lowest BCUT2D eigenvalue weighted by Crippen LogP contribution is -2.34. The molecule has 1 aromatic rings. The predicted octanol–water partition coefficient (Wildman–Crippen LogP) is 0.272. The average molecular weight is 291 g/mol. The molecule has 1 aromatic carbocycles. The lowest BCUT2D eigenvalue weighted by Gasteiger charge is -2.17. The third-order valence-corrected chi connectivity index (χ3v) is 3.29. The molecule has 0 aromatic heterocycles. The van der Waals surface area contributed by atoms with Gasteiger partial charge in [0.05, 0.1) is 6.10 Å². The van der Waals surface area contributed by atoms with Gasteiger partial charge in [-0.15, -0.1) is 0 Å². The fraction of sp³-hybridized carbons (Fsp3) is 0.467. The van der Waals surface area contributed by atoms with Crippen molar-refractivity contribution in [1.82, 2.24) is 10.6 Å². The number of nitrogens with one attached hydrogen (secondary N) is 3. The minimum atomic E-state index is -0.392. The standard InChI is InChI=1S/C15H21N3O3/c1-10(19)9-16-6-7-17-15(21)12-2-4-13-11(8-12)3-5-14(20)18-13/h2,4,8,10,16,19H,3,5-7,9H2,1H3,(H,17,21)(H,18,20). The first kappa shape index (κ1) is 15.5. The van der Waals surface area contributed by atoms with Crippen LogP contribution in [0, 0.1) is 0 Å². The fourth-order valence-electron chi connectivity index (χ4n) is 2.20. The molecule has 1 unspecified atom stereocenters. The van der Waals surface area contributed by atoms with Crippen LogP contribution >= 0.6 is 0 Å². The summed E-state index contributed by atoms with van der Waals surface area (Å²) >= 11 is 0. The molecule has 6 nitrogen and oxygen atoms in total. The Morgan fingerprint density at radius 2 is 2.19 bits per heavy atom. The van der Waals surface area contributed by atoms with Gasteiger partial charge < -0.3 is 21.1 Å². The normalized spacial score (nSPS) is 15.0. The number of hydrogen-bond acceptors (Lipinski definition) is 4. The molecule has 1 atom stereocenters. The second kappa shape index (κ2) is 7.19. The number of hydrogen-bond donors (Lipinski definition) is 4. The molecule has 6 heteroatoms. The maximum Gasteiger partial charge on any atom is 0.251 e. The van der Waals surface area contributed by atoms with Crippen LogP contribution in [0.1, 0.15) is 29.3 Å². The van der Waals surface area contributed by atoms with Gasteiger partial charge in [-0.05, 0) is 37.1 Å². The third kappa shape index (κ3) is 4.54. The Labute approximate surface area is 123 Å². The highest BCUT2D eigenvalue weighted by atomic mass is 16.3. The first-order chi connectivity index (χ1) is 10.1. The minimum Gasteiger partial charge on any atom is -0.392 e. The van der Waals surface area contributed by atoms with Crippen molar-refractivity contribution >= 4 is 17.5 Å². The zero-order chi connectivity index (χ0) is 15.2. The van der Waals surface area contributed by atoms with Gasteiger partial charge in [0.1, 0.15) is 0 Å². The van der Waals surface area contributed by atoms with Gasteiger partial charge in [-0.1, -0.05) is 0 Å². The van der Waals surface area contributed by atoms with E-state index < -0.39 is 6.10 Å². The molecule has 2 amide bonds. The number of aryl methyl sites for hydroxylation is 1. The largest absolute Gasteiger partial charge is 0.392 e. The van der Waals surface area contributed by atoms with E-state index in [-0.39, 0.29) is 11.8 Å². The van der Waals surface area contributed by atoms with Crippen LogP contribution in [0.25, 0.3) is 0 Å². The quantitative estimate of drug-likeness (QED) is 0.566. The number of fused-ring (bicyclic) bond motifs is 1. The van der Waals surface area contributed by atoms with Crippen LogP contribution in [0.5, 0.6) is 0 Å². The Morgan fingerprint density at radius 1 is 1.38 bits per heavy atom. The van der Waals surface area contributed by atoms with E-state index in [0.717, 1.165) is 11.3 Å². The molecule has 0 fully saturated rings. The molecule has 4 N–H and O–H groups in total. The molecule has 0 bridgehead atoms. The zero-order valence-electron chi connectivity index (χ0n) is 12.1. The SMILES string of the molecule is CC(O)CNCCNC(=O)c1ccc2c(c1)CCC(=O)N2. The highest BCUT2D eigenvalue weighted by Gasteiger charge is 2.16. The topological polar surface area (TPSA) is 90.5 Å². The minimum absolute atomic E-state index is 0.0175. The predicted molar refractivity (Wildman–Crippen MR) is 80.3 cm³/mol. The summed E-state index contributed by atoms with van der Waals surface area (Å²) in [7, 11) is 0. The first-order valence-electron chi connectivity index (χ1n) is 7.16.